The number of thiocarbonyl (C=S) groups is 1. The number of carbonyl (C=O) groups excluding carboxylic acids is 3. The van der Waals surface area contributed by atoms with Crippen LogP contribution in [0, 0.1) is 0 Å². The van der Waals surface area contributed by atoms with Gasteiger partial charge in [0.2, 0.25) is 5.91 Å². The standard InChI is InChI=1S/C25H21N3O4S/c29-22(13-14-28-23(30)20-11-4-5-12-21(20)24(28)31)27-25(33)26-18-9-6-10-19(15-18)32-16-17-7-2-1-3-8-17/h1-12,15H,13-14,16H2,(H2,26,27,29,33). The summed E-state index contributed by atoms with van der Waals surface area (Å²) in [5.41, 5.74) is 2.42. The van der Waals surface area contributed by atoms with E-state index in [1.54, 1.807) is 36.4 Å². The Morgan fingerprint density at radius 3 is 2.24 bits per heavy atom. The van der Waals surface area contributed by atoms with Crippen molar-refractivity contribution in [3.63, 3.8) is 0 Å². The number of hydrogen-bond donors (Lipinski definition) is 2. The Morgan fingerprint density at radius 1 is 0.879 bits per heavy atom. The molecule has 1 aliphatic rings. The third-order valence-electron chi connectivity index (χ3n) is 5.03. The van der Waals surface area contributed by atoms with Gasteiger partial charge in [-0.3, -0.25) is 19.3 Å². The molecule has 3 aromatic carbocycles. The molecule has 3 aromatic rings. The van der Waals surface area contributed by atoms with Crippen molar-refractivity contribution in [2.24, 2.45) is 0 Å². The second kappa shape index (κ2) is 10.1. The summed E-state index contributed by atoms with van der Waals surface area (Å²) in [7, 11) is 0. The van der Waals surface area contributed by atoms with Gasteiger partial charge in [-0.25, -0.2) is 0 Å². The summed E-state index contributed by atoms with van der Waals surface area (Å²) in [6, 6.07) is 23.6. The van der Waals surface area contributed by atoms with E-state index in [1.165, 1.54) is 0 Å². The summed E-state index contributed by atoms with van der Waals surface area (Å²) in [5.74, 6) is -0.531. The van der Waals surface area contributed by atoms with Gasteiger partial charge in [0.05, 0.1) is 11.1 Å². The number of nitrogens with one attached hydrogen (secondary N) is 2. The zero-order chi connectivity index (χ0) is 23.2. The maximum absolute atomic E-state index is 12.4. The van der Waals surface area contributed by atoms with Crippen molar-refractivity contribution in [3.05, 3.63) is 95.6 Å². The fraction of sp³-hybridized carbons (Fsp3) is 0.120. The van der Waals surface area contributed by atoms with E-state index in [0.29, 0.717) is 29.2 Å². The van der Waals surface area contributed by atoms with Crippen LogP contribution in [0.4, 0.5) is 5.69 Å². The summed E-state index contributed by atoms with van der Waals surface area (Å²) in [5, 5.41) is 5.63. The largest absolute Gasteiger partial charge is 0.489 e. The van der Waals surface area contributed by atoms with E-state index in [9.17, 15) is 14.4 Å². The molecule has 0 atom stereocenters. The summed E-state index contributed by atoms with van der Waals surface area (Å²) in [6.07, 6.45) is -0.0620. The molecule has 0 bridgehead atoms. The average molecular weight is 460 g/mol. The van der Waals surface area contributed by atoms with Crippen LogP contribution < -0.4 is 15.4 Å². The molecule has 166 valence electrons. The van der Waals surface area contributed by atoms with Crippen LogP contribution in [0.15, 0.2) is 78.9 Å². The van der Waals surface area contributed by atoms with Crippen molar-refractivity contribution in [1.82, 2.24) is 10.2 Å². The molecular formula is C25H21N3O4S. The third kappa shape index (κ3) is 5.42. The number of anilines is 1. The maximum atomic E-state index is 12.4. The molecule has 0 aliphatic carbocycles. The van der Waals surface area contributed by atoms with Gasteiger partial charge < -0.3 is 15.4 Å². The first-order valence-electron chi connectivity index (χ1n) is 10.3. The van der Waals surface area contributed by atoms with Crippen molar-refractivity contribution in [3.8, 4) is 5.75 Å². The monoisotopic (exact) mass is 459 g/mol. The fourth-order valence-electron chi connectivity index (χ4n) is 3.41. The molecule has 2 N–H and O–H groups in total. The van der Waals surface area contributed by atoms with E-state index in [1.807, 2.05) is 42.5 Å². The SMILES string of the molecule is O=C(CCN1C(=O)c2ccccc2C1=O)NC(=S)Nc1cccc(OCc2ccccc2)c1. The molecule has 0 fully saturated rings. The van der Waals surface area contributed by atoms with Crippen LogP contribution in [-0.2, 0) is 11.4 Å². The van der Waals surface area contributed by atoms with Crippen LogP contribution in [0.2, 0.25) is 0 Å². The van der Waals surface area contributed by atoms with E-state index >= 15 is 0 Å². The molecule has 1 aliphatic heterocycles. The van der Waals surface area contributed by atoms with Crippen molar-refractivity contribution >= 4 is 40.7 Å². The normalized spacial score (nSPS) is 12.3. The van der Waals surface area contributed by atoms with Gasteiger partial charge in [0.15, 0.2) is 5.11 Å². The van der Waals surface area contributed by atoms with E-state index in [2.05, 4.69) is 10.6 Å². The Kier molecular flexibility index (Phi) is 6.75. The number of fused-ring (bicyclic) bond motifs is 1. The molecule has 33 heavy (non-hydrogen) atoms. The summed E-state index contributed by atoms with van der Waals surface area (Å²) in [4.78, 5) is 38.1. The van der Waals surface area contributed by atoms with Crippen LogP contribution in [0.25, 0.3) is 0 Å². The van der Waals surface area contributed by atoms with E-state index in [0.717, 1.165) is 10.5 Å². The van der Waals surface area contributed by atoms with Gasteiger partial charge in [0, 0.05) is 24.7 Å². The molecule has 7 nitrogen and oxygen atoms in total. The van der Waals surface area contributed by atoms with Gasteiger partial charge in [-0.1, -0.05) is 48.5 Å². The minimum atomic E-state index is -0.402. The fourth-order valence-corrected chi connectivity index (χ4v) is 3.64. The van der Waals surface area contributed by atoms with Crippen LogP contribution in [0.3, 0.4) is 0 Å². The molecule has 1 heterocycles. The number of nitrogens with zero attached hydrogens (tertiary/aromatic N) is 1. The highest BCUT2D eigenvalue weighted by molar-refractivity contribution is 7.80. The Morgan fingerprint density at radius 2 is 1.55 bits per heavy atom. The lowest BCUT2D eigenvalue weighted by molar-refractivity contribution is -0.119. The van der Waals surface area contributed by atoms with Gasteiger partial charge in [0.1, 0.15) is 12.4 Å². The summed E-state index contributed by atoms with van der Waals surface area (Å²) < 4.78 is 5.80. The van der Waals surface area contributed by atoms with Crippen molar-refractivity contribution in [1.29, 1.82) is 0 Å². The first kappa shape index (κ1) is 22.2. The molecule has 0 saturated carbocycles. The third-order valence-corrected chi connectivity index (χ3v) is 5.24. The highest BCUT2D eigenvalue weighted by atomic mass is 32.1. The van der Waals surface area contributed by atoms with Gasteiger partial charge >= 0.3 is 0 Å². The Labute approximate surface area is 196 Å². The molecule has 0 radical (unpaired) electrons. The molecular weight excluding hydrogens is 438 g/mol. The van der Waals surface area contributed by atoms with E-state index < -0.39 is 17.7 Å². The second-order valence-corrected chi connectivity index (χ2v) is 7.77. The van der Waals surface area contributed by atoms with Gasteiger partial charge in [-0.15, -0.1) is 0 Å². The van der Waals surface area contributed by atoms with Gasteiger partial charge in [-0.2, -0.15) is 0 Å². The molecule has 8 heteroatoms. The molecule has 0 unspecified atom stereocenters. The van der Waals surface area contributed by atoms with E-state index in [-0.39, 0.29) is 18.1 Å². The lowest BCUT2D eigenvalue weighted by Gasteiger charge is -2.14. The quantitative estimate of drug-likeness (QED) is 0.413. The number of benzene rings is 3. The Balaban J connectivity index is 1.26. The lowest BCUT2D eigenvalue weighted by Crippen LogP contribution is -2.38. The molecule has 3 amide bonds. The Bertz CT molecular complexity index is 1180. The van der Waals surface area contributed by atoms with Crippen LogP contribution in [-0.4, -0.2) is 34.3 Å². The highest BCUT2D eigenvalue weighted by Gasteiger charge is 2.34. The second-order valence-electron chi connectivity index (χ2n) is 7.36. The summed E-state index contributed by atoms with van der Waals surface area (Å²) >= 11 is 5.22. The minimum absolute atomic E-state index is 0.0242. The van der Waals surface area contributed by atoms with Crippen molar-refractivity contribution < 1.29 is 19.1 Å². The average Bonchev–Trinajstić information content (AvgIpc) is 3.07. The predicted molar refractivity (Wildman–Crippen MR) is 128 cm³/mol. The van der Waals surface area contributed by atoms with Crippen LogP contribution in [0.5, 0.6) is 5.75 Å². The minimum Gasteiger partial charge on any atom is -0.489 e. The number of hydrogen-bond acceptors (Lipinski definition) is 5. The number of amides is 3. The number of imide groups is 1. The van der Waals surface area contributed by atoms with Crippen molar-refractivity contribution in [2.45, 2.75) is 13.0 Å². The first-order valence-corrected chi connectivity index (χ1v) is 10.7. The smallest absolute Gasteiger partial charge is 0.261 e. The maximum Gasteiger partial charge on any atom is 0.261 e. The first-order chi connectivity index (χ1) is 16.0. The summed E-state index contributed by atoms with van der Waals surface area (Å²) in [6.45, 7) is 0.410. The number of rotatable bonds is 7. The number of carbonyl (C=O) groups is 3. The predicted octanol–water partition coefficient (Wildman–Crippen LogP) is 3.76. The molecule has 0 saturated heterocycles. The number of ether oxygens (including phenoxy) is 1. The molecule has 0 aromatic heterocycles. The highest BCUT2D eigenvalue weighted by Crippen LogP contribution is 2.22. The zero-order valence-electron chi connectivity index (χ0n) is 17.6. The van der Waals surface area contributed by atoms with Crippen LogP contribution >= 0.6 is 12.2 Å². The molecule has 4 rings (SSSR count). The van der Waals surface area contributed by atoms with Gasteiger partial charge in [-0.05, 0) is 42.0 Å². The van der Waals surface area contributed by atoms with Crippen molar-refractivity contribution in [2.75, 3.05) is 11.9 Å². The van der Waals surface area contributed by atoms with E-state index in [4.69, 9.17) is 17.0 Å². The van der Waals surface area contributed by atoms with Gasteiger partial charge in [0.25, 0.3) is 11.8 Å². The van der Waals surface area contributed by atoms with Crippen LogP contribution in [0.1, 0.15) is 32.7 Å². The topological polar surface area (TPSA) is 87.7 Å². The zero-order valence-corrected chi connectivity index (χ0v) is 18.4. The lowest BCUT2D eigenvalue weighted by atomic mass is 10.1. The Hall–Kier alpha value is -4.04. The molecule has 0 spiro atoms.